The van der Waals surface area contributed by atoms with E-state index in [1.165, 1.54) is 0 Å². The van der Waals surface area contributed by atoms with E-state index in [-0.39, 0.29) is 6.61 Å². The van der Waals surface area contributed by atoms with Gasteiger partial charge in [0, 0.05) is 4.47 Å². The number of halogens is 1. The summed E-state index contributed by atoms with van der Waals surface area (Å²) >= 11 is 3.44. The van der Waals surface area contributed by atoms with Gasteiger partial charge in [-0.3, -0.25) is 0 Å². The summed E-state index contributed by atoms with van der Waals surface area (Å²) in [5, 5.41) is 8.55. The molecular weight excluding hydrogens is 260 g/mol. The first-order valence-electron chi connectivity index (χ1n) is 4.54. The molecule has 0 unspecified atom stereocenters. The second-order valence-corrected chi connectivity index (χ2v) is 4.29. The van der Waals surface area contributed by atoms with Crippen molar-refractivity contribution in [2.24, 2.45) is 0 Å². The maximum Gasteiger partial charge on any atom is 0.341 e. The quantitative estimate of drug-likeness (QED) is 0.921. The predicted molar refractivity (Wildman–Crippen MR) is 61.5 cm³/mol. The summed E-state index contributed by atoms with van der Waals surface area (Å²) in [6, 6.07) is 1.93. The van der Waals surface area contributed by atoms with Crippen molar-refractivity contribution >= 4 is 21.9 Å². The van der Waals surface area contributed by atoms with E-state index < -0.39 is 5.97 Å². The highest BCUT2D eigenvalue weighted by Crippen LogP contribution is 2.31. The van der Waals surface area contributed by atoms with Gasteiger partial charge in [0.05, 0.1) is 0 Å². The van der Waals surface area contributed by atoms with Crippen molar-refractivity contribution in [2.75, 3.05) is 6.61 Å². The van der Waals surface area contributed by atoms with Crippen LogP contribution in [0.5, 0.6) is 5.75 Å². The van der Waals surface area contributed by atoms with Crippen LogP contribution in [-0.2, 0) is 4.79 Å². The molecule has 0 fully saturated rings. The molecule has 0 amide bonds. The zero-order valence-electron chi connectivity index (χ0n) is 8.93. The molecule has 82 valence electrons. The number of ether oxygens (including phenoxy) is 1. The molecule has 0 atom stereocenters. The van der Waals surface area contributed by atoms with Gasteiger partial charge in [-0.1, -0.05) is 15.9 Å². The number of benzene rings is 1. The highest BCUT2D eigenvalue weighted by Gasteiger charge is 2.11. The van der Waals surface area contributed by atoms with E-state index in [0.717, 1.165) is 21.2 Å². The van der Waals surface area contributed by atoms with Crippen LogP contribution in [0.1, 0.15) is 16.7 Å². The third-order valence-corrected chi connectivity index (χ3v) is 3.13. The number of aryl methyl sites for hydroxylation is 1. The van der Waals surface area contributed by atoms with Gasteiger partial charge in [0.2, 0.25) is 0 Å². The number of carboxylic acids is 1. The van der Waals surface area contributed by atoms with E-state index in [0.29, 0.717) is 5.75 Å². The Morgan fingerprint density at radius 1 is 1.40 bits per heavy atom. The molecule has 0 bridgehead atoms. The number of carbonyl (C=O) groups is 1. The van der Waals surface area contributed by atoms with Crippen molar-refractivity contribution in [1.82, 2.24) is 0 Å². The first-order chi connectivity index (χ1) is 6.93. The summed E-state index contributed by atoms with van der Waals surface area (Å²) in [5.41, 5.74) is 2.98. The van der Waals surface area contributed by atoms with Crippen LogP contribution in [-0.4, -0.2) is 17.7 Å². The van der Waals surface area contributed by atoms with Gasteiger partial charge < -0.3 is 9.84 Å². The minimum Gasteiger partial charge on any atom is -0.481 e. The van der Waals surface area contributed by atoms with Crippen LogP contribution in [0.3, 0.4) is 0 Å². The van der Waals surface area contributed by atoms with Gasteiger partial charge in [-0.25, -0.2) is 4.79 Å². The fourth-order valence-corrected chi connectivity index (χ4v) is 2.01. The average Bonchev–Trinajstić information content (AvgIpc) is 2.14. The second-order valence-electron chi connectivity index (χ2n) is 3.44. The number of hydrogen-bond donors (Lipinski definition) is 1. The molecule has 4 heteroatoms. The molecule has 1 aromatic rings. The SMILES string of the molecule is Cc1cc(Br)c(C)c(C)c1OCC(=O)O. The van der Waals surface area contributed by atoms with Crippen molar-refractivity contribution in [3.63, 3.8) is 0 Å². The van der Waals surface area contributed by atoms with Gasteiger partial charge in [0.1, 0.15) is 5.75 Å². The maximum atomic E-state index is 10.4. The van der Waals surface area contributed by atoms with Crippen molar-refractivity contribution < 1.29 is 14.6 Å². The van der Waals surface area contributed by atoms with Crippen molar-refractivity contribution in [2.45, 2.75) is 20.8 Å². The smallest absolute Gasteiger partial charge is 0.341 e. The van der Waals surface area contributed by atoms with Crippen LogP contribution < -0.4 is 4.74 Å². The fraction of sp³-hybridized carbons (Fsp3) is 0.364. The van der Waals surface area contributed by atoms with Crippen LogP contribution in [0.2, 0.25) is 0 Å². The van der Waals surface area contributed by atoms with Gasteiger partial charge in [-0.15, -0.1) is 0 Å². The van der Waals surface area contributed by atoms with Crippen molar-refractivity contribution in [1.29, 1.82) is 0 Å². The molecule has 0 spiro atoms. The highest BCUT2D eigenvalue weighted by molar-refractivity contribution is 9.10. The second kappa shape index (κ2) is 4.66. The van der Waals surface area contributed by atoms with E-state index in [1.807, 2.05) is 26.8 Å². The molecule has 0 aromatic heterocycles. The number of aliphatic carboxylic acids is 1. The Morgan fingerprint density at radius 2 is 2.00 bits per heavy atom. The molecule has 1 N–H and O–H groups in total. The first kappa shape index (κ1) is 12.0. The minimum atomic E-state index is -0.964. The average molecular weight is 273 g/mol. The first-order valence-corrected chi connectivity index (χ1v) is 5.33. The lowest BCUT2D eigenvalue weighted by molar-refractivity contribution is -0.139. The van der Waals surface area contributed by atoms with E-state index >= 15 is 0 Å². The summed E-state index contributed by atoms with van der Waals surface area (Å²) in [4.78, 5) is 10.4. The Balaban J connectivity index is 3.07. The molecule has 0 heterocycles. The molecule has 0 aliphatic carbocycles. The lowest BCUT2D eigenvalue weighted by Gasteiger charge is -2.13. The lowest BCUT2D eigenvalue weighted by atomic mass is 10.1. The zero-order valence-corrected chi connectivity index (χ0v) is 10.5. The molecule has 1 aromatic carbocycles. The summed E-state index contributed by atoms with van der Waals surface area (Å²) in [5.74, 6) is -0.299. The summed E-state index contributed by atoms with van der Waals surface area (Å²) in [6.07, 6.45) is 0. The summed E-state index contributed by atoms with van der Waals surface area (Å²) in [7, 11) is 0. The largest absolute Gasteiger partial charge is 0.481 e. The molecule has 0 saturated heterocycles. The molecule has 1 rings (SSSR count). The predicted octanol–water partition coefficient (Wildman–Crippen LogP) is 2.84. The van der Waals surface area contributed by atoms with E-state index in [1.54, 1.807) is 0 Å². The third kappa shape index (κ3) is 2.72. The van der Waals surface area contributed by atoms with Gasteiger partial charge in [-0.2, -0.15) is 0 Å². The standard InChI is InChI=1S/C11H13BrO3/c1-6-4-9(12)7(2)8(3)11(6)15-5-10(13)14/h4H,5H2,1-3H3,(H,13,14). The Hall–Kier alpha value is -1.03. The molecule has 0 saturated carbocycles. The number of carboxylic acid groups (broad SMARTS) is 1. The van der Waals surface area contributed by atoms with E-state index in [4.69, 9.17) is 9.84 Å². The maximum absolute atomic E-state index is 10.4. The lowest BCUT2D eigenvalue weighted by Crippen LogP contribution is -2.11. The third-order valence-electron chi connectivity index (χ3n) is 2.30. The van der Waals surface area contributed by atoms with Gasteiger partial charge >= 0.3 is 5.97 Å². The van der Waals surface area contributed by atoms with Gasteiger partial charge in [0.15, 0.2) is 6.61 Å². The van der Waals surface area contributed by atoms with Crippen LogP contribution in [0.25, 0.3) is 0 Å². The minimum absolute atomic E-state index is 0.303. The van der Waals surface area contributed by atoms with Crippen LogP contribution in [0.4, 0.5) is 0 Å². The Labute approximate surface area is 97.2 Å². The Kier molecular flexibility index (Phi) is 3.74. The van der Waals surface area contributed by atoms with Crippen molar-refractivity contribution in [3.05, 3.63) is 27.2 Å². The monoisotopic (exact) mass is 272 g/mol. The van der Waals surface area contributed by atoms with Crippen LogP contribution >= 0.6 is 15.9 Å². The summed E-state index contributed by atoms with van der Waals surface area (Å²) < 4.78 is 6.26. The topological polar surface area (TPSA) is 46.5 Å². The number of rotatable bonds is 3. The molecule has 0 radical (unpaired) electrons. The Morgan fingerprint density at radius 3 is 2.53 bits per heavy atom. The van der Waals surface area contributed by atoms with E-state index in [9.17, 15) is 4.79 Å². The van der Waals surface area contributed by atoms with Crippen LogP contribution in [0, 0.1) is 20.8 Å². The fourth-order valence-electron chi connectivity index (χ4n) is 1.37. The molecule has 3 nitrogen and oxygen atoms in total. The summed E-state index contributed by atoms with van der Waals surface area (Å²) in [6.45, 7) is 5.48. The molecule has 0 aliphatic rings. The van der Waals surface area contributed by atoms with E-state index in [2.05, 4.69) is 15.9 Å². The molecule has 0 aliphatic heterocycles. The normalized spacial score (nSPS) is 10.1. The molecular formula is C11H13BrO3. The van der Waals surface area contributed by atoms with Crippen molar-refractivity contribution in [3.8, 4) is 5.75 Å². The van der Waals surface area contributed by atoms with Gasteiger partial charge in [-0.05, 0) is 43.5 Å². The Bertz CT molecular complexity index is 399. The number of hydrogen-bond acceptors (Lipinski definition) is 2. The van der Waals surface area contributed by atoms with Gasteiger partial charge in [0.25, 0.3) is 0 Å². The molecule has 15 heavy (non-hydrogen) atoms. The zero-order chi connectivity index (χ0) is 11.6. The van der Waals surface area contributed by atoms with Crippen LogP contribution in [0.15, 0.2) is 10.5 Å². The highest BCUT2D eigenvalue weighted by atomic mass is 79.9.